The molecule has 2 N–H and O–H groups in total. The Morgan fingerprint density at radius 2 is 1.11 bits per heavy atom. The van der Waals surface area contributed by atoms with Crippen LogP contribution in [0.15, 0.2) is 0 Å². The summed E-state index contributed by atoms with van der Waals surface area (Å²) in [4.78, 5) is 25.6. The van der Waals surface area contributed by atoms with Gasteiger partial charge < -0.3 is 24.7 Å². The van der Waals surface area contributed by atoms with Crippen molar-refractivity contribution in [3.63, 3.8) is 0 Å². The predicted molar refractivity (Wildman–Crippen MR) is 22.7 cm³/mol. The van der Waals surface area contributed by atoms with Crippen LogP contribution in [-0.4, -0.2) is 68.3 Å². The van der Waals surface area contributed by atoms with E-state index in [1.807, 2.05) is 0 Å². The Hall–Kier alpha value is 2.71. The first-order chi connectivity index (χ1) is 2.00. The minimum absolute atomic E-state index is 0. The van der Waals surface area contributed by atoms with E-state index >= 15 is 0 Å². The second kappa shape index (κ2) is 13.3. The van der Waals surface area contributed by atoms with Gasteiger partial charge in [0.15, 0.2) is 0 Å². The van der Waals surface area contributed by atoms with Crippen LogP contribution in [0, 0.1) is 0 Å². The summed E-state index contributed by atoms with van der Waals surface area (Å²) in [6, 6.07) is 0. The van der Waals surface area contributed by atoms with E-state index < -0.39 is 7.82 Å². The quantitative estimate of drug-likeness (QED) is 0.331. The molecule has 0 heterocycles. The first kappa shape index (κ1) is 29.8. The van der Waals surface area contributed by atoms with Crippen LogP contribution in [0.5, 0.6) is 0 Å². The first-order valence-corrected chi connectivity index (χ1v) is 2.19. The van der Waals surface area contributed by atoms with Crippen molar-refractivity contribution in [1.82, 2.24) is 0 Å². The number of hydrogen-bond donors (Lipinski definition) is 0. The van der Waals surface area contributed by atoms with E-state index in [0.29, 0.717) is 0 Å². The Balaban J connectivity index is -0.0000000133. The van der Waals surface area contributed by atoms with E-state index in [2.05, 4.69) is 0 Å². The van der Waals surface area contributed by atoms with Gasteiger partial charge in [-0.1, -0.05) is 0 Å². The summed E-state index contributed by atoms with van der Waals surface area (Å²) in [5.74, 6) is 0. The van der Waals surface area contributed by atoms with Crippen LogP contribution >= 0.6 is 7.82 Å². The Morgan fingerprint density at radius 3 is 1.11 bits per heavy atom. The van der Waals surface area contributed by atoms with Gasteiger partial charge in [-0.15, -0.1) is 0 Å². The molecule has 0 atom stereocenters. The second-order valence-electron chi connectivity index (χ2n) is 0.447. The smallest absolute Gasteiger partial charge is 0.822 e. The minimum Gasteiger partial charge on any atom is -0.822 e. The average molecular weight is 293 g/mol. The van der Waals surface area contributed by atoms with Crippen molar-refractivity contribution in [2.75, 3.05) is 0 Å². The molecule has 5 nitrogen and oxygen atoms in total. The molecule has 0 aliphatic heterocycles. The molecule has 0 unspecified atom stereocenters. The summed E-state index contributed by atoms with van der Waals surface area (Å²) < 4.78 is 8.55. The van der Waals surface area contributed by atoms with Crippen molar-refractivity contribution in [3.05, 3.63) is 0 Å². The molecule has 0 aromatic heterocycles. The van der Waals surface area contributed by atoms with Gasteiger partial charge in [-0.25, -0.2) is 0 Å². The maximum absolute atomic E-state index is 8.55. The molecular weight excluding hydrogens is 291 g/mol. The molecule has 0 saturated carbocycles. The van der Waals surface area contributed by atoms with Gasteiger partial charge in [0.1, 0.15) is 0 Å². The first-order valence-electron chi connectivity index (χ1n) is 0.730. The second-order valence-corrected chi connectivity index (χ2v) is 1.34. The van der Waals surface area contributed by atoms with Crippen LogP contribution in [0.2, 0.25) is 0 Å². The van der Waals surface area contributed by atoms with Crippen molar-refractivity contribution in [2.45, 2.75) is 0 Å². The van der Waals surface area contributed by atoms with E-state index in [-0.39, 0.29) is 87.8 Å². The van der Waals surface area contributed by atoms with Gasteiger partial charge >= 0.3 is 82.3 Å². The molecule has 0 aliphatic carbocycles. The van der Waals surface area contributed by atoms with Crippen molar-refractivity contribution >= 4 is 70.7 Å². The van der Waals surface area contributed by atoms with Gasteiger partial charge in [0.2, 0.25) is 0 Å². The fourth-order valence-corrected chi connectivity index (χ4v) is 0. The van der Waals surface area contributed by atoms with Crippen LogP contribution in [0.25, 0.3) is 0 Å². The fraction of sp³-hybridized carbons (Fsp3) is 0. The summed E-state index contributed by atoms with van der Waals surface area (Å²) in [5.41, 5.74) is 0. The van der Waals surface area contributed by atoms with Crippen LogP contribution < -0.4 is 14.7 Å². The maximum atomic E-state index is 8.55. The number of hydrogen-bond acceptors (Lipinski definition) is 4. The molecule has 0 radical (unpaired) electrons. The molecular formula is H2AlO5PSrZn+4. The zero-order valence-corrected chi connectivity index (χ0v) is 13.1. The standard InChI is InChI=1S/Al.H3O4P.H2O.Sr.Zn/c;1-5(2,3)4;;;/h;(H3,1,2,3,4);1H2;;/q+3;;;2*+2/p-3. The van der Waals surface area contributed by atoms with Gasteiger partial charge in [-0.05, 0) is 0 Å². The summed E-state index contributed by atoms with van der Waals surface area (Å²) in [7, 11) is -5.39. The molecule has 9 heteroatoms. The predicted octanol–water partition coefficient (Wildman–Crippen LogP) is -4.41. The molecule has 9 heavy (non-hydrogen) atoms. The van der Waals surface area contributed by atoms with E-state index in [1.54, 1.807) is 0 Å². The van der Waals surface area contributed by atoms with Gasteiger partial charge in [0.05, 0.1) is 0 Å². The molecule has 0 aliphatic rings. The van der Waals surface area contributed by atoms with Gasteiger partial charge in [-0.2, -0.15) is 7.82 Å². The summed E-state index contributed by atoms with van der Waals surface area (Å²) in [6.07, 6.45) is 0. The van der Waals surface area contributed by atoms with E-state index in [0.717, 1.165) is 0 Å². The van der Waals surface area contributed by atoms with Gasteiger partial charge in [0.25, 0.3) is 0 Å². The number of phosphoric acid groups is 1. The van der Waals surface area contributed by atoms with Crippen molar-refractivity contribution in [3.8, 4) is 0 Å². The third-order valence-electron chi connectivity index (χ3n) is 0. The van der Waals surface area contributed by atoms with Crippen LogP contribution in [0.4, 0.5) is 0 Å². The monoisotopic (exact) mass is 292 g/mol. The molecule has 0 rings (SSSR count). The maximum Gasteiger partial charge on any atom is 3.00 e. The van der Waals surface area contributed by atoms with E-state index in [4.69, 9.17) is 19.2 Å². The van der Waals surface area contributed by atoms with Crippen LogP contribution in [0.1, 0.15) is 0 Å². The summed E-state index contributed by atoms with van der Waals surface area (Å²) in [6.45, 7) is 0. The minimum atomic E-state index is -5.39. The Morgan fingerprint density at radius 1 is 1.11 bits per heavy atom. The zero-order valence-electron chi connectivity index (χ0n) is 4.57. The molecule has 40 valence electrons. The Labute approximate surface area is 113 Å². The fourth-order valence-electron chi connectivity index (χ4n) is 0. The van der Waals surface area contributed by atoms with Crippen LogP contribution in [0.3, 0.4) is 0 Å². The Bertz CT molecular complexity index is 63.1. The third-order valence-corrected chi connectivity index (χ3v) is 0. The molecule has 0 aromatic rings. The topological polar surface area (TPSA) is 118 Å². The molecule has 0 aromatic carbocycles. The zero-order chi connectivity index (χ0) is 4.50. The van der Waals surface area contributed by atoms with E-state index in [9.17, 15) is 0 Å². The SMILES string of the molecule is O.O=P([O-])([O-])[O-].[Al+3].[Sr+2].[Zn+2]. The van der Waals surface area contributed by atoms with Gasteiger partial charge in [0, 0.05) is 0 Å². The van der Waals surface area contributed by atoms with Crippen LogP contribution in [-0.2, 0) is 24.0 Å². The van der Waals surface area contributed by atoms with E-state index in [1.165, 1.54) is 0 Å². The largest absolute Gasteiger partial charge is 3.00 e. The third kappa shape index (κ3) is 111. The number of rotatable bonds is 0. The summed E-state index contributed by atoms with van der Waals surface area (Å²) in [5, 5.41) is 0. The molecule has 0 spiro atoms. The molecule has 0 fully saturated rings. The molecule has 0 saturated heterocycles. The van der Waals surface area contributed by atoms with Crippen molar-refractivity contribution in [1.29, 1.82) is 0 Å². The normalized spacial score (nSPS) is 6.56. The van der Waals surface area contributed by atoms with Crippen molar-refractivity contribution < 1.29 is 44.2 Å². The Kier molecular flexibility index (Phi) is 44.1. The molecule has 0 bridgehead atoms. The summed E-state index contributed by atoms with van der Waals surface area (Å²) >= 11 is 0. The van der Waals surface area contributed by atoms with Crippen molar-refractivity contribution in [2.24, 2.45) is 0 Å². The molecule has 0 amide bonds. The van der Waals surface area contributed by atoms with Gasteiger partial charge in [-0.3, -0.25) is 0 Å². The average Bonchev–Trinajstić information content (AvgIpc) is 0.722.